The van der Waals surface area contributed by atoms with Gasteiger partial charge in [-0.1, -0.05) is 24.3 Å². The van der Waals surface area contributed by atoms with Crippen LogP contribution in [-0.4, -0.2) is 17.8 Å². The molecule has 0 aromatic heterocycles. The van der Waals surface area contributed by atoms with Crippen molar-refractivity contribution in [3.8, 4) is 0 Å². The van der Waals surface area contributed by atoms with Crippen LogP contribution in [0.5, 0.6) is 0 Å². The molecule has 2 nitrogen and oxygen atoms in total. The lowest BCUT2D eigenvalue weighted by molar-refractivity contribution is 0.500. The fraction of sp³-hybridized carbons (Fsp3) is 0.364. The molecule has 0 saturated heterocycles. The Kier molecular flexibility index (Phi) is 3.53. The molecule has 0 unspecified atom stereocenters. The first kappa shape index (κ1) is 11.1. The number of rotatable bonds is 0. The van der Waals surface area contributed by atoms with Gasteiger partial charge in [-0.05, 0) is 18.1 Å². The quantitative estimate of drug-likeness (QED) is 0.643. The summed E-state index contributed by atoms with van der Waals surface area (Å²) in [5, 5.41) is 0. The second-order valence-electron chi connectivity index (χ2n) is 3.49. The van der Waals surface area contributed by atoms with Crippen LogP contribution in [0.1, 0.15) is 18.1 Å². The maximum atomic E-state index is 4.49. The molecule has 0 fully saturated rings. The first-order valence-electron chi connectivity index (χ1n) is 4.56. The molecule has 1 aliphatic rings. The smallest absolute Gasteiger partial charge is 0.0962 e. The van der Waals surface area contributed by atoms with E-state index in [0.717, 1.165) is 18.9 Å². The second kappa shape index (κ2) is 4.47. The molecule has 14 heavy (non-hydrogen) atoms. The van der Waals surface area contributed by atoms with Crippen LogP contribution in [0, 0.1) is 0 Å². The number of hydrogen-bond donors (Lipinski definition) is 0. The van der Waals surface area contributed by atoms with Gasteiger partial charge in [-0.3, -0.25) is 4.99 Å². The first-order valence-corrected chi connectivity index (χ1v) is 4.56. The standard InChI is InChI=1S/C11H14N2.ClH/c1-9-12-7-10-5-3-4-6-11(10)8-13(9)2;/h3-6H,7-8H2,1-2H3;1H. The molecule has 0 atom stereocenters. The highest BCUT2D eigenvalue weighted by Gasteiger charge is 2.09. The number of amidine groups is 1. The molecule has 0 spiro atoms. The van der Waals surface area contributed by atoms with E-state index >= 15 is 0 Å². The van der Waals surface area contributed by atoms with E-state index in [1.807, 2.05) is 0 Å². The Morgan fingerprint density at radius 2 is 1.86 bits per heavy atom. The number of hydrogen-bond acceptors (Lipinski definition) is 2. The predicted molar refractivity (Wildman–Crippen MR) is 62.0 cm³/mol. The third kappa shape index (κ3) is 2.07. The zero-order valence-electron chi connectivity index (χ0n) is 8.53. The lowest BCUT2D eigenvalue weighted by atomic mass is 10.1. The van der Waals surface area contributed by atoms with Crippen molar-refractivity contribution >= 4 is 18.2 Å². The van der Waals surface area contributed by atoms with Gasteiger partial charge in [0.15, 0.2) is 0 Å². The average molecular weight is 211 g/mol. The lowest BCUT2D eigenvalue weighted by Gasteiger charge is -2.16. The number of nitrogens with zero attached hydrogens (tertiary/aromatic N) is 2. The molecule has 0 aliphatic carbocycles. The summed E-state index contributed by atoms with van der Waals surface area (Å²) >= 11 is 0. The van der Waals surface area contributed by atoms with Gasteiger partial charge in [-0.2, -0.15) is 0 Å². The van der Waals surface area contributed by atoms with Gasteiger partial charge in [-0.15, -0.1) is 12.4 Å². The Balaban J connectivity index is 0.000000980. The molecular weight excluding hydrogens is 196 g/mol. The largest absolute Gasteiger partial charge is 0.359 e. The highest BCUT2D eigenvalue weighted by atomic mass is 35.5. The van der Waals surface area contributed by atoms with E-state index in [2.05, 4.69) is 48.1 Å². The Morgan fingerprint density at radius 3 is 2.57 bits per heavy atom. The fourth-order valence-electron chi connectivity index (χ4n) is 1.56. The van der Waals surface area contributed by atoms with Gasteiger partial charge >= 0.3 is 0 Å². The topological polar surface area (TPSA) is 15.6 Å². The first-order chi connectivity index (χ1) is 6.27. The van der Waals surface area contributed by atoms with Gasteiger partial charge in [0.1, 0.15) is 0 Å². The molecule has 1 aliphatic heterocycles. The summed E-state index contributed by atoms with van der Waals surface area (Å²) in [6.07, 6.45) is 0. The molecule has 0 radical (unpaired) electrons. The molecule has 2 rings (SSSR count). The minimum atomic E-state index is 0. The van der Waals surface area contributed by atoms with Gasteiger partial charge in [0, 0.05) is 13.6 Å². The van der Waals surface area contributed by atoms with Crippen LogP contribution < -0.4 is 0 Å². The van der Waals surface area contributed by atoms with E-state index in [9.17, 15) is 0 Å². The van der Waals surface area contributed by atoms with Gasteiger partial charge in [0.25, 0.3) is 0 Å². The van der Waals surface area contributed by atoms with Crippen LogP contribution in [0.2, 0.25) is 0 Å². The van der Waals surface area contributed by atoms with E-state index < -0.39 is 0 Å². The van der Waals surface area contributed by atoms with E-state index in [0.29, 0.717) is 0 Å². The summed E-state index contributed by atoms with van der Waals surface area (Å²) in [5.41, 5.74) is 2.75. The van der Waals surface area contributed by atoms with Crippen LogP contribution in [-0.2, 0) is 13.1 Å². The monoisotopic (exact) mass is 210 g/mol. The maximum Gasteiger partial charge on any atom is 0.0962 e. The van der Waals surface area contributed by atoms with Crippen LogP contribution >= 0.6 is 12.4 Å². The van der Waals surface area contributed by atoms with E-state index in [1.54, 1.807) is 0 Å². The van der Waals surface area contributed by atoms with Gasteiger partial charge in [-0.25, -0.2) is 0 Å². The summed E-state index contributed by atoms with van der Waals surface area (Å²) in [6, 6.07) is 8.51. The van der Waals surface area contributed by atoms with Gasteiger partial charge in [0.2, 0.25) is 0 Å². The fourth-order valence-corrected chi connectivity index (χ4v) is 1.56. The third-order valence-electron chi connectivity index (χ3n) is 2.56. The molecule has 0 saturated carbocycles. The average Bonchev–Trinajstić information content (AvgIpc) is 2.28. The van der Waals surface area contributed by atoms with Crippen molar-refractivity contribution in [2.75, 3.05) is 7.05 Å². The zero-order chi connectivity index (χ0) is 9.26. The lowest BCUT2D eigenvalue weighted by Crippen LogP contribution is -2.22. The molecule has 1 aromatic rings. The minimum absolute atomic E-state index is 0. The van der Waals surface area contributed by atoms with Crippen molar-refractivity contribution in [1.82, 2.24) is 4.90 Å². The molecule has 1 aromatic carbocycles. The summed E-state index contributed by atoms with van der Waals surface area (Å²) in [6.45, 7) is 3.86. The van der Waals surface area contributed by atoms with Crippen molar-refractivity contribution in [2.45, 2.75) is 20.0 Å². The Hall–Kier alpha value is -1.02. The predicted octanol–water partition coefficient (Wildman–Crippen LogP) is 2.47. The molecule has 0 bridgehead atoms. The van der Waals surface area contributed by atoms with E-state index in [4.69, 9.17) is 0 Å². The Labute approximate surface area is 91.1 Å². The Morgan fingerprint density at radius 1 is 1.21 bits per heavy atom. The molecule has 0 N–H and O–H groups in total. The van der Waals surface area contributed by atoms with Gasteiger partial charge < -0.3 is 4.90 Å². The highest BCUT2D eigenvalue weighted by Crippen LogP contribution is 2.15. The highest BCUT2D eigenvalue weighted by molar-refractivity contribution is 5.85. The number of fused-ring (bicyclic) bond motifs is 1. The van der Waals surface area contributed by atoms with Crippen molar-refractivity contribution in [3.05, 3.63) is 35.4 Å². The van der Waals surface area contributed by atoms with Crippen molar-refractivity contribution in [2.24, 2.45) is 4.99 Å². The van der Waals surface area contributed by atoms with Crippen LogP contribution in [0.4, 0.5) is 0 Å². The SMILES string of the molecule is CC1=NCc2ccccc2CN1C.Cl. The number of aliphatic imine (C=N–C) groups is 1. The molecule has 76 valence electrons. The summed E-state index contributed by atoms with van der Waals surface area (Å²) in [7, 11) is 2.08. The number of halogens is 1. The van der Waals surface area contributed by atoms with Crippen LogP contribution in [0.15, 0.2) is 29.3 Å². The van der Waals surface area contributed by atoms with E-state index in [1.165, 1.54) is 11.1 Å². The van der Waals surface area contributed by atoms with Crippen molar-refractivity contribution in [3.63, 3.8) is 0 Å². The minimum Gasteiger partial charge on any atom is -0.359 e. The second-order valence-corrected chi connectivity index (χ2v) is 3.49. The molecule has 0 amide bonds. The normalized spacial score (nSPS) is 15.0. The van der Waals surface area contributed by atoms with Crippen LogP contribution in [0.3, 0.4) is 0 Å². The number of benzene rings is 1. The summed E-state index contributed by atoms with van der Waals surface area (Å²) in [4.78, 5) is 6.67. The summed E-state index contributed by atoms with van der Waals surface area (Å²) in [5.74, 6) is 1.12. The summed E-state index contributed by atoms with van der Waals surface area (Å²) < 4.78 is 0. The van der Waals surface area contributed by atoms with Crippen molar-refractivity contribution < 1.29 is 0 Å². The zero-order valence-corrected chi connectivity index (χ0v) is 9.34. The van der Waals surface area contributed by atoms with Gasteiger partial charge in [0.05, 0.1) is 12.4 Å². The third-order valence-corrected chi connectivity index (χ3v) is 2.56. The maximum absolute atomic E-state index is 4.49. The van der Waals surface area contributed by atoms with Crippen molar-refractivity contribution in [1.29, 1.82) is 0 Å². The Bertz CT molecular complexity index is 347. The van der Waals surface area contributed by atoms with E-state index in [-0.39, 0.29) is 12.4 Å². The molecule has 3 heteroatoms. The molecule has 1 heterocycles. The van der Waals surface area contributed by atoms with Crippen LogP contribution in [0.25, 0.3) is 0 Å². The molecular formula is C11H15ClN2.